The predicted molar refractivity (Wildman–Crippen MR) is 69.1 cm³/mol. The number of hydrogen-bond acceptors (Lipinski definition) is 5. The Balaban J connectivity index is 2.06. The average Bonchev–Trinajstić information content (AvgIpc) is 2.63. The first-order chi connectivity index (χ1) is 8.76. The molecule has 1 saturated heterocycles. The van der Waals surface area contributed by atoms with Gasteiger partial charge in [-0.25, -0.2) is 0 Å². The highest BCUT2D eigenvalue weighted by atomic mass is 16.3. The Morgan fingerprint density at radius 3 is 2.67 bits per heavy atom. The molecular formula is C12H21N3O3. The van der Waals surface area contributed by atoms with Crippen molar-refractivity contribution in [3.05, 3.63) is 9.81 Å². The molecule has 18 heavy (non-hydrogen) atoms. The topological polar surface area (TPSA) is 79.2 Å². The normalized spacial score (nSPS) is 21.2. The number of likely N-dealkylation sites (tertiary alicyclic amines) is 1. The molecule has 0 bridgehead atoms. The van der Waals surface area contributed by atoms with E-state index in [1.807, 2.05) is 0 Å². The first-order valence-corrected chi connectivity index (χ1v) is 6.67. The molecule has 1 fully saturated rings. The summed E-state index contributed by atoms with van der Waals surface area (Å²) in [4.78, 5) is 33.4. The van der Waals surface area contributed by atoms with Crippen LogP contribution in [0.3, 0.4) is 0 Å². The lowest BCUT2D eigenvalue weighted by Crippen LogP contribution is -2.26. The van der Waals surface area contributed by atoms with E-state index in [4.69, 9.17) is 0 Å². The maximum absolute atomic E-state index is 10.7. The van der Waals surface area contributed by atoms with E-state index in [1.165, 1.54) is 0 Å². The summed E-state index contributed by atoms with van der Waals surface area (Å²) in [6.07, 6.45) is 5.75. The van der Waals surface area contributed by atoms with E-state index in [1.54, 1.807) is 0 Å². The van der Waals surface area contributed by atoms with Gasteiger partial charge >= 0.3 is 0 Å². The molecule has 0 aromatic rings. The molecule has 102 valence electrons. The van der Waals surface area contributed by atoms with Crippen molar-refractivity contribution in [2.45, 2.75) is 51.0 Å². The summed E-state index contributed by atoms with van der Waals surface area (Å²) in [5.41, 5.74) is 0. The minimum Gasteiger partial charge on any atom is -0.303 e. The van der Waals surface area contributed by atoms with E-state index >= 15 is 0 Å². The van der Waals surface area contributed by atoms with Gasteiger partial charge in [0.05, 0.1) is 6.04 Å². The van der Waals surface area contributed by atoms with Gasteiger partial charge < -0.3 is 4.90 Å². The first-order valence-electron chi connectivity index (χ1n) is 6.67. The van der Waals surface area contributed by atoms with Crippen molar-refractivity contribution >= 4 is 5.91 Å². The molecule has 0 aliphatic carbocycles. The van der Waals surface area contributed by atoms with Crippen LogP contribution in [0.2, 0.25) is 0 Å². The van der Waals surface area contributed by atoms with Crippen LogP contribution in [-0.2, 0) is 4.79 Å². The number of rotatable bonds is 7. The Labute approximate surface area is 107 Å². The lowest BCUT2D eigenvalue weighted by Gasteiger charge is -2.19. The first kappa shape index (κ1) is 14.9. The van der Waals surface area contributed by atoms with Gasteiger partial charge in [-0.2, -0.15) is 4.91 Å². The largest absolute Gasteiger partial charge is 0.303 e. The number of carbonyl (C=O) groups excluding carboxylic acids is 1. The molecule has 1 aliphatic rings. The van der Waals surface area contributed by atoms with Gasteiger partial charge in [0.1, 0.15) is 0 Å². The number of hydrogen-bond donors (Lipinski definition) is 0. The van der Waals surface area contributed by atoms with E-state index < -0.39 is 5.91 Å². The summed E-state index contributed by atoms with van der Waals surface area (Å²) in [6.45, 7) is 2.96. The zero-order chi connectivity index (χ0) is 13.2. The molecule has 0 unspecified atom stereocenters. The minimum absolute atomic E-state index is 0.00807. The summed E-state index contributed by atoms with van der Waals surface area (Å²) < 4.78 is 0. The Morgan fingerprint density at radius 1 is 1.11 bits per heavy atom. The molecule has 0 radical (unpaired) electrons. The highest BCUT2D eigenvalue weighted by Gasteiger charge is 2.16. The van der Waals surface area contributed by atoms with Crippen molar-refractivity contribution in [3.63, 3.8) is 0 Å². The van der Waals surface area contributed by atoms with Gasteiger partial charge in [0.25, 0.3) is 5.91 Å². The number of nitrogens with zero attached hydrogens (tertiary/aromatic N) is 3. The van der Waals surface area contributed by atoms with Crippen molar-refractivity contribution in [1.82, 2.24) is 4.90 Å². The fourth-order valence-corrected chi connectivity index (χ4v) is 2.30. The molecule has 6 heteroatoms. The molecule has 1 amide bonds. The molecular weight excluding hydrogens is 234 g/mol. The van der Waals surface area contributed by atoms with Crippen LogP contribution in [-0.4, -0.2) is 36.5 Å². The lowest BCUT2D eigenvalue weighted by atomic mass is 10.1. The fraction of sp³-hybridized carbons (Fsp3) is 0.917. The highest BCUT2D eigenvalue weighted by Crippen LogP contribution is 2.14. The van der Waals surface area contributed by atoms with E-state index in [-0.39, 0.29) is 12.5 Å². The average molecular weight is 255 g/mol. The predicted octanol–water partition coefficient (Wildman–Crippen LogP) is 2.46. The van der Waals surface area contributed by atoms with Crippen LogP contribution in [0.5, 0.6) is 0 Å². The maximum atomic E-state index is 10.7. The van der Waals surface area contributed by atoms with Gasteiger partial charge in [-0.05, 0) is 45.2 Å². The monoisotopic (exact) mass is 255 g/mol. The number of unbranched alkanes of at least 4 members (excludes halogenated alkanes) is 2. The Bertz CT molecular complexity index is 284. The summed E-state index contributed by atoms with van der Waals surface area (Å²) in [7, 11) is 0. The fourth-order valence-electron chi connectivity index (χ4n) is 2.30. The third-order valence-electron chi connectivity index (χ3n) is 3.41. The van der Waals surface area contributed by atoms with E-state index in [0.717, 1.165) is 58.2 Å². The smallest absolute Gasteiger partial charge is 0.286 e. The third-order valence-corrected chi connectivity index (χ3v) is 3.41. The van der Waals surface area contributed by atoms with Crippen molar-refractivity contribution in [2.75, 3.05) is 19.6 Å². The van der Waals surface area contributed by atoms with Crippen LogP contribution < -0.4 is 0 Å². The highest BCUT2D eigenvalue weighted by molar-refractivity contribution is 5.76. The number of nitroso groups, excluding NO2 is 2. The van der Waals surface area contributed by atoms with E-state index in [9.17, 15) is 14.6 Å². The zero-order valence-electron chi connectivity index (χ0n) is 10.7. The quantitative estimate of drug-likeness (QED) is 0.517. The van der Waals surface area contributed by atoms with Gasteiger partial charge in [0.15, 0.2) is 0 Å². The van der Waals surface area contributed by atoms with Crippen LogP contribution in [0.1, 0.15) is 44.9 Å². The maximum Gasteiger partial charge on any atom is 0.286 e. The molecule has 6 nitrogen and oxygen atoms in total. The van der Waals surface area contributed by atoms with Crippen LogP contribution in [0.15, 0.2) is 10.4 Å². The van der Waals surface area contributed by atoms with E-state index in [0.29, 0.717) is 0 Å². The summed E-state index contributed by atoms with van der Waals surface area (Å²) in [6, 6.07) is -0.00807. The summed E-state index contributed by atoms with van der Waals surface area (Å²) in [5.74, 6) is -0.551. The zero-order valence-corrected chi connectivity index (χ0v) is 10.7. The van der Waals surface area contributed by atoms with Crippen molar-refractivity contribution < 1.29 is 4.79 Å². The minimum atomic E-state index is -0.551. The third kappa shape index (κ3) is 5.95. The van der Waals surface area contributed by atoms with Gasteiger partial charge in [-0.3, -0.25) is 4.79 Å². The van der Waals surface area contributed by atoms with E-state index in [2.05, 4.69) is 15.3 Å². The molecule has 0 aromatic heterocycles. The van der Waals surface area contributed by atoms with Gasteiger partial charge in [-0.1, -0.05) is 11.6 Å². The molecule has 0 saturated carbocycles. The molecule has 0 spiro atoms. The summed E-state index contributed by atoms with van der Waals surface area (Å²) >= 11 is 0. The number of carbonyl (C=O) groups is 1. The standard InChI is InChI=1S/C12H21N3O3/c16-12(14-18)6-2-1-3-8-15-9-4-5-11(13-17)7-10-15/h11H,1-10H2/t11-/m0/s1. The van der Waals surface area contributed by atoms with Gasteiger partial charge in [0, 0.05) is 18.1 Å². The second kappa shape index (κ2) is 8.85. The van der Waals surface area contributed by atoms with Gasteiger partial charge in [0.2, 0.25) is 0 Å². The molecule has 1 rings (SSSR count). The Hall–Kier alpha value is -1.17. The second-order valence-electron chi connectivity index (χ2n) is 4.83. The van der Waals surface area contributed by atoms with Crippen molar-refractivity contribution in [2.24, 2.45) is 10.4 Å². The lowest BCUT2D eigenvalue weighted by molar-refractivity contribution is -0.118. The number of amides is 1. The molecule has 1 aliphatic heterocycles. The molecule has 0 aromatic carbocycles. The van der Waals surface area contributed by atoms with Crippen LogP contribution in [0.4, 0.5) is 0 Å². The second-order valence-corrected chi connectivity index (χ2v) is 4.83. The molecule has 1 atom stereocenters. The Kier molecular flexibility index (Phi) is 7.32. The summed E-state index contributed by atoms with van der Waals surface area (Å²) in [5, 5.41) is 5.49. The van der Waals surface area contributed by atoms with Crippen LogP contribution >= 0.6 is 0 Å². The van der Waals surface area contributed by atoms with Crippen molar-refractivity contribution in [1.29, 1.82) is 0 Å². The molecule has 0 N–H and O–H groups in total. The SMILES string of the molecule is O=NC(=O)CCCCCN1CCC[C@H](N=O)CC1. The van der Waals surface area contributed by atoms with Crippen LogP contribution in [0, 0.1) is 9.81 Å². The Morgan fingerprint density at radius 2 is 1.94 bits per heavy atom. The van der Waals surface area contributed by atoms with Crippen LogP contribution in [0.25, 0.3) is 0 Å². The molecule has 1 heterocycles. The van der Waals surface area contributed by atoms with Gasteiger partial charge in [-0.15, -0.1) is 4.91 Å². The van der Waals surface area contributed by atoms with Crippen molar-refractivity contribution in [3.8, 4) is 0 Å².